The lowest BCUT2D eigenvalue weighted by atomic mass is 10.1. The van der Waals surface area contributed by atoms with Gasteiger partial charge < -0.3 is 14.6 Å². The zero-order valence-corrected chi connectivity index (χ0v) is 14.9. The van der Waals surface area contributed by atoms with E-state index in [0.29, 0.717) is 48.1 Å². The van der Waals surface area contributed by atoms with E-state index in [-0.39, 0.29) is 24.1 Å². The van der Waals surface area contributed by atoms with Crippen LogP contribution in [0.4, 0.5) is 0 Å². The molecule has 1 heterocycles. The lowest BCUT2D eigenvalue weighted by Gasteiger charge is -2.22. The van der Waals surface area contributed by atoms with Crippen molar-refractivity contribution in [3.05, 3.63) is 22.5 Å². The molecular weight excluding hydrogens is 308 g/mol. The summed E-state index contributed by atoms with van der Waals surface area (Å²) in [5.74, 6) is 0.00886. The number of H-pyrrole nitrogens is 1. The Bertz CT molecular complexity index is 644. The average molecular weight is 334 g/mol. The van der Waals surface area contributed by atoms with E-state index < -0.39 is 0 Å². The molecule has 0 radical (unpaired) electrons. The number of Topliss-reactive ketones (excluding diaryl/α,β-unsaturated/α-hetero) is 1. The van der Waals surface area contributed by atoms with Gasteiger partial charge >= 0.3 is 5.97 Å². The van der Waals surface area contributed by atoms with Crippen LogP contribution in [0.15, 0.2) is 0 Å². The van der Waals surface area contributed by atoms with Gasteiger partial charge in [0.05, 0.1) is 13.0 Å². The number of rotatable bonds is 8. The van der Waals surface area contributed by atoms with Crippen LogP contribution in [-0.4, -0.2) is 47.2 Å². The maximum Gasteiger partial charge on any atom is 0.307 e. The van der Waals surface area contributed by atoms with Gasteiger partial charge in [0.15, 0.2) is 5.78 Å². The summed E-state index contributed by atoms with van der Waals surface area (Å²) in [5.41, 5.74) is 2.42. The van der Waals surface area contributed by atoms with Crippen molar-refractivity contribution in [1.82, 2.24) is 9.88 Å². The number of carbonyl (C=O) groups excluding carboxylic acids is 3. The first-order valence-corrected chi connectivity index (χ1v) is 8.50. The first-order valence-electron chi connectivity index (χ1n) is 8.50. The highest BCUT2D eigenvalue weighted by atomic mass is 16.5. The van der Waals surface area contributed by atoms with E-state index in [4.69, 9.17) is 4.74 Å². The number of aryl methyl sites for hydroxylation is 1. The molecule has 6 nitrogen and oxygen atoms in total. The second kappa shape index (κ2) is 7.64. The van der Waals surface area contributed by atoms with Crippen LogP contribution in [0.2, 0.25) is 0 Å². The van der Waals surface area contributed by atoms with Crippen molar-refractivity contribution in [3.63, 3.8) is 0 Å². The third-order valence-electron chi connectivity index (χ3n) is 4.36. The number of hydrogen-bond donors (Lipinski definition) is 1. The second-order valence-corrected chi connectivity index (χ2v) is 6.43. The van der Waals surface area contributed by atoms with Gasteiger partial charge in [0.25, 0.3) is 5.91 Å². The number of aromatic nitrogens is 1. The fourth-order valence-electron chi connectivity index (χ4n) is 3.00. The van der Waals surface area contributed by atoms with Crippen LogP contribution in [0.3, 0.4) is 0 Å². The van der Waals surface area contributed by atoms with Crippen molar-refractivity contribution in [2.45, 2.75) is 47.0 Å². The van der Waals surface area contributed by atoms with Gasteiger partial charge in [-0.05, 0) is 52.0 Å². The van der Waals surface area contributed by atoms with Crippen LogP contribution < -0.4 is 0 Å². The number of carbonyl (C=O) groups is 3. The zero-order valence-electron chi connectivity index (χ0n) is 14.9. The van der Waals surface area contributed by atoms with Crippen LogP contribution >= 0.6 is 0 Å². The molecule has 1 fully saturated rings. The molecule has 0 aliphatic heterocycles. The quantitative estimate of drug-likeness (QED) is 0.585. The molecule has 6 heteroatoms. The molecule has 0 spiro atoms. The molecule has 0 atom stereocenters. The Kier molecular flexibility index (Phi) is 5.80. The van der Waals surface area contributed by atoms with Crippen LogP contribution in [0.1, 0.15) is 65.2 Å². The monoisotopic (exact) mass is 334 g/mol. The molecule has 0 bridgehead atoms. The summed E-state index contributed by atoms with van der Waals surface area (Å²) in [6, 6.07) is 0. The normalized spacial score (nSPS) is 13.7. The number of aromatic amines is 1. The minimum absolute atomic E-state index is 0.0550. The number of ketones is 1. The van der Waals surface area contributed by atoms with Gasteiger partial charge in [0, 0.05) is 24.3 Å². The van der Waals surface area contributed by atoms with Gasteiger partial charge in [-0.25, -0.2) is 0 Å². The third kappa shape index (κ3) is 4.24. The molecule has 1 aromatic rings. The Morgan fingerprint density at radius 2 is 1.92 bits per heavy atom. The number of amides is 1. The van der Waals surface area contributed by atoms with Crippen LogP contribution in [0, 0.1) is 19.8 Å². The number of ether oxygens (including phenoxy) is 1. The van der Waals surface area contributed by atoms with E-state index in [1.807, 2.05) is 0 Å². The standard InChI is InChI=1S/C18H26N2O4/c1-5-24-15(22)8-9-20(10-14-6-7-14)18(23)17-11(2)16(13(4)21)12(3)19-17/h14,19H,5-10H2,1-4H3. The molecule has 1 amide bonds. The van der Waals surface area contributed by atoms with E-state index in [9.17, 15) is 14.4 Å². The lowest BCUT2D eigenvalue weighted by molar-refractivity contribution is -0.143. The van der Waals surface area contributed by atoms with Crippen molar-refractivity contribution in [2.24, 2.45) is 5.92 Å². The zero-order chi connectivity index (χ0) is 17.9. The molecule has 2 rings (SSSR count). The first-order chi connectivity index (χ1) is 11.3. The highest BCUT2D eigenvalue weighted by Gasteiger charge is 2.30. The molecule has 0 unspecified atom stereocenters. The van der Waals surface area contributed by atoms with Crippen LogP contribution in [0.25, 0.3) is 0 Å². The minimum Gasteiger partial charge on any atom is -0.466 e. The SMILES string of the molecule is CCOC(=O)CCN(CC1CC1)C(=O)c1[nH]c(C)c(C(C)=O)c1C. The highest BCUT2D eigenvalue weighted by molar-refractivity contribution is 6.02. The Morgan fingerprint density at radius 1 is 1.25 bits per heavy atom. The lowest BCUT2D eigenvalue weighted by Crippen LogP contribution is -2.35. The Balaban J connectivity index is 2.16. The molecule has 132 valence electrons. The fraction of sp³-hybridized carbons (Fsp3) is 0.611. The summed E-state index contributed by atoms with van der Waals surface area (Å²) in [6.45, 7) is 8.16. The fourth-order valence-corrected chi connectivity index (χ4v) is 3.00. The molecule has 1 aliphatic rings. The molecule has 1 aromatic heterocycles. The summed E-state index contributed by atoms with van der Waals surface area (Å²) in [5, 5.41) is 0. The van der Waals surface area contributed by atoms with Crippen LogP contribution in [0.5, 0.6) is 0 Å². The van der Waals surface area contributed by atoms with E-state index in [0.717, 1.165) is 12.8 Å². The van der Waals surface area contributed by atoms with Gasteiger partial charge in [-0.15, -0.1) is 0 Å². The number of hydrogen-bond acceptors (Lipinski definition) is 4. The summed E-state index contributed by atoms with van der Waals surface area (Å²) < 4.78 is 4.95. The predicted molar refractivity (Wildman–Crippen MR) is 90.1 cm³/mol. The molecule has 0 saturated heterocycles. The molecule has 1 saturated carbocycles. The summed E-state index contributed by atoms with van der Waals surface area (Å²) in [7, 11) is 0. The van der Waals surface area contributed by atoms with Gasteiger partial charge in [-0.3, -0.25) is 14.4 Å². The van der Waals surface area contributed by atoms with E-state index in [1.54, 1.807) is 25.7 Å². The van der Waals surface area contributed by atoms with Crippen molar-refractivity contribution in [2.75, 3.05) is 19.7 Å². The smallest absolute Gasteiger partial charge is 0.307 e. The topological polar surface area (TPSA) is 79.5 Å². The van der Waals surface area contributed by atoms with E-state index in [2.05, 4.69) is 4.98 Å². The molecule has 0 aromatic carbocycles. The van der Waals surface area contributed by atoms with Crippen molar-refractivity contribution >= 4 is 17.7 Å². The van der Waals surface area contributed by atoms with Crippen molar-refractivity contribution in [1.29, 1.82) is 0 Å². The van der Waals surface area contributed by atoms with Crippen molar-refractivity contribution in [3.8, 4) is 0 Å². The minimum atomic E-state index is -0.296. The molecule has 1 aliphatic carbocycles. The predicted octanol–water partition coefficient (Wildman–Crippen LogP) is 2.64. The Labute approximate surface area is 142 Å². The van der Waals surface area contributed by atoms with Crippen LogP contribution in [-0.2, 0) is 9.53 Å². The number of nitrogens with one attached hydrogen (secondary N) is 1. The summed E-state index contributed by atoms with van der Waals surface area (Å²) in [4.78, 5) is 41.0. The maximum atomic E-state index is 12.9. The Hall–Kier alpha value is -2.11. The molecule has 24 heavy (non-hydrogen) atoms. The third-order valence-corrected chi connectivity index (χ3v) is 4.36. The molecular formula is C18H26N2O4. The van der Waals surface area contributed by atoms with Gasteiger partial charge in [0.1, 0.15) is 5.69 Å². The van der Waals surface area contributed by atoms with Gasteiger partial charge in [-0.1, -0.05) is 0 Å². The van der Waals surface area contributed by atoms with Gasteiger partial charge in [0.2, 0.25) is 0 Å². The number of nitrogens with zero attached hydrogens (tertiary/aromatic N) is 1. The second-order valence-electron chi connectivity index (χ2n) is 6.43. The first kappa shape index (κ1) is 18.2. The average Bonchev–Trinajstić information content (AvgIpc) is 3.27. The Morgan fingerprint density at radius 3 is 2.42 bits per heavy atom. The summed E-state index contributed by atoms with van der Waals surface area (Å²) in [6.07, 6.45) is 2.42. The maximum absolute atomic E-state index is 12.9. The molecule has 1 N–H and O–H groups in total. The highest BCUT2D eigenvalue weighted by Crippen LogP contribution is 2.30. The van der Waals surface area contributed by atoms with E-state index >= 15 is 0 Å². The van der Waals surface area contributed by atoms with E-state index in [1.165, 1.54) is 6.92 Å². The number of esters is 1. The van der Waals surface area contributed by atoms with Gasteiger partial charge in [-0.2, -0.15) is 0 Å². The van der Waals surface area contributed by atoms with Crippen molar-refractivity contribution < 1.29 is 19.1 Å². The summed E-state index contributed by atoms with van der Waals surface area (Å²) >= 11 is 0. The largest absolute Gasteiger partial charge is 0.466 e.